The molecule has 0 aliphatic carbocycles. The van der Waals surface area contributed by atoms with Crippen LogP contribution in [0.1, 0.15) is 36.7 Å². The summed E-state index contributed by atoms with van der Waals surface area (Å²) >= 11 is 20.6. The average Bonchev–Trinajstić information content (AvgIpc) is 4.45. The summed E-state index contributed by atoms with van der Waals surface area (Å²) in [5.74, 6) is 2.92. The first-order valence-electron chi connectivity index (χ1n) is 25.0. The molecule has 2 N–H and O–H groups in total. The van der Waals surface area contributed by atoms with E-state index in [1.807, 2.05) is 177 Å². The SMILES string of the molecule is COc1ccc(/C=C/c2nc3ccccc3s2)cc1.COc1ccc(OC)cc1.Cc1nc2ccccc2s1.I.O=P(Cl)(Cl)Cl.O=P([O-])(O)Oc1ccc(/C=C/c2nc3ccccc3s2)cc1.Oc1ccc(/C=C/c2nc3ccccc3s2)cc1. The topological polar surface area (TPSA) is 186 Å². The second-order valence-electron chi connectivity index (χ2n) is 17.0. The number of phosphoric ester groups is 1. The lowest BCUT2D eigenvalue weighted by Crippen LogP contribution is -2.05. The number of phenolic OH excluding ortho intramolecular Hbond substituents is 1. The van der Waals surface area contributed by atoms with E-state index in [2.05, 4.69) is 82.5 Å². The molecule has 1 unspecified atom stereocenters. The molecule has 0 bridgehead atoms. The highest BCUT2D eigenvalue weighted by molar-refractivity contribution is 14.0. The van der Waals surface area contributed by atoms with E-state index in [1.165, 1.54) is 26.2 Å². The fraction of sp³-hybridized carbons (Fsp3) is 0.0645. The lowest BCUT2D eigenvalue weighted by Gasteiger charge is -2.16. The van der Waals surface area contributed by atoms with Crippen molar-refractivity contribution in [2.75, 3.05) is 21.3 Å². The van der Waals surface area contributed by atoms with E-state index in [4.69, 9.17) is 19.1 Å². The summed E-state index contributed by atoms with van der Waals surface area (Å²) in [5.41, 5.74) is 7.22. The van der Waals surface area contributed by atoms with Gasteiger partial charge in [-0.05, 0) is 185 Å². The normalized spacial score (nSPS) is 11.6. The van der Waals surface area contributed by atoms with Crippen LogP contribution in [-0.4, -0.2) is 51.3 Å². The van der Waals surface area contributed by atoms with Crippen LogP contribution in [0.25, 0.3) is 77.3 Å². The Hall–Kier alpha value is -6.48. The third-order valence-electron chi connectivity index (χ3n) is 11.0. The van der Waals surface area contributed by atoms with Crippen molar-refractivity contribution in [3.05, 3.63) is 231 Å². The number of halogens is 4. The van der Waals surface area contributed by atoms with Crippen LogP contribution >= 0.6 is 116 Å². The van der Waals surface area contributed by atoms with E-state index in [0.29, 0.717) is 0 Å². The van der Waals surface area contributed by atoms with E-state index in [-0.39, 0.29) is 35.5 Å². The van der Waals surface area contributed by atoms with Crippen LogP contribution in [0.4, 0.5) is 0 Å². The minimum atomic E-state index is -4.76. The molecule has 0 aliphatic rings. The van der Waals surface area contributed by atoms with Crippen molar-refractivity contribution in [2.24, 2.45) is 0 Å². The van der Waals surface area contributed by atoms with Crippen LogP contribution in [0.15, 0.2) is 194 Å². The number of phosphoric acid groups is 1. The molecule has 23 heteroatoms. The summed E-state index contributed by atoms with van der Waals surface area (Å²) in [5, 5.41) is 10.0. The highest BCUT2D eigenvalue weighted by Crippen LogP contribution is 2.61. The average molecular weight is 1420 g/mol. The van der Waals surface area contributed by atoms with E-state index in [1.54, 1.807) is 90.9 Å². The van der Waals surface area contributed by atoms with E-state index >= 15 is 0 Å². The molecule has 1 atom stereocenters. The lowest BCUT2D eigenvalue weighted by atomic mass is 10.2. The van der Waals surface area contributed by atoms with Gasteiger partial charge < -0.3 is 33.6 Å². The number of benzene rings is 8. The Morgan fingerprint density at radius 3 is 0.988 bits per heavy atom. The second kappa shape index (κ2) is 34.0. The van der Waals surface area contributed by atoms with Gasteiger partial charge in [0.15, 0.2) is 0 Å². The standard InChI is InChI=1S/C16H13NOS.C15H12NO4PS.C15H11NOS.C8H7NS.C8H10O2.Cl3OP.HI/c1-18-13-9-6-12(7-10-13)8-11-16-17-14-4-2-3-5-15(14)19-16;17-21(18,19)20-12-8-5-11(6-9-12)7-10-15-16-13-3-1-2-4-14(13)22-15;17-12-8-5-11(6-9-12)7-10-15-16-13-3-1-2-4-14(13)18-15;1-6-9-7-4-2-3-5-8(7)10-6;1-9-7-3-5-8(10-2)6-4-7;1-5(2,3)4;/h2-11H,1H3;1-10H,(H2,17,18,19);1-10,17H;2-5H,1H3;3-6H,1-2H3;;1H/p-1/b11-8+;2*10-7+;;;;. The number of rotatable bonds is 11. The summed E-state index contributed by atoms with van der Waals surface area (Å²) in [6, 6.07) is 61.2. The van der Waals surface area contributed by atoms with Crippen LogP contribution in [0.5, 0.6) is 28.7 Å². The zero-order chi connectivity index (χ0) is 59.9. The van der Waals surface area contributed by atoms with Gasteiger partial charge in [-0.2, -0.15) is 0 Å². The molecule has 0 saturated heterocycles. The molecule has 85 heavy (non-hydrogen) atoms. The van der Waals surface area contributed by atoms with Crippen molar-refractivity contribution in [1.29, 1.82) is 0 Å². The van der Waals surface area contributed by atoms with Crippen molar-refractivity contribution in [2.45, 2.75) is 6.92 Å². The Labute approximate surface area is 539 Å². The predicted molar refractivity (Wildman–Crippen MR) is 368 cm³/mol. The molecule has 0 aliphatic heterocycles. The molecule has 4 aromatic heterocycles. The Morgan fingerprint density at radius 1 is 0.424 bits per heavy atom. The fourth-order valence-electron chi connectivity index (χ4n) is 7.16. The maximum atomic E-state index is 10.6. The van der Waals surface area contributed by atoms with Crippen molar-refractivity contribution < 1.29 is 42.8 Å². The number of para-hydroxylation sites is 4. The lowest BCUT2D eigenvalue weighted by molar-refractivity contribution is -0.211. The van der Waals surface area contributed by atoms with Gasteiger partial charge in [-0.15, -0.1) is 69.3 Å². The Kier molecular flexibility index (Phi) is 27.1. The van der Waals surface area contributed by atoms with Crippen molar-refractivity contribution >= 4 is 193 Å². The molecule has 0 saturated carbocycles. The van der Waals surface area contributed by atoms with Gasteiger partial charge in [0.25, 0.3) is 0 Å². The minimum absolute atomic E-state index is 0. The predicted octanol–water partition coefficient (Wildman–Crippen LogP) is 19.7. The number of hydrogen-bond donors (Lipinski definition) is 2. The number of methoxy groups -OCH3 is 3. The number of fused-ring (bicyclic) bond motifs is 4. The van der Waals surface area contributed by atoms with Crippen LogP contribution in [0.2, 0.25) is 0 Å². The van der Waals surface area contributed by atoms with Crippen LogP contribution in [0, 0.1) is 6.92 Å². The molecule has 0 amide bonds. The second-order valence-corrected chi connectivity index (χ2v) is 29.2. The Balaban J connectivity index is 0.000000171. The number of phenols is 1. The first-order valence-corrected chi connectivity index (χ1v) is 34.1. The van der Waals surface area contributed by atoms with Gasteiger partial charge in [-0.25, -0.2) is 19.9 Å². The first kappa shape index (κ1) is 67.6. The van der Waals surface area contributed by atoms with Gasteiger partial charge in [0.1, 0.15) is 43.8 Å². The first-order chi connectivity index (χ1) is 40.4. The zero-order valence-corrected chi connectivity index (χ0v) is 55.2. The monoisotopic (exact) mass is 1420 g/mol. The van der Waals surface area contributed by atoms with Crippen molar-refractivity contribution in [1.82, 2.24) is 19.9 Å². The summed E-state index contributed by atoms with van der Waals surface area (Å²) in [7, 11) is 0.195. The molecular formula is C62H53Cl3IN4O9P2S4-. The molecule has 0 radical (unpaired) electrons. The smallest absolute Gasteiger partial charge is 0.339 e. The number of ether oxygens (including phenoxy) is 3. The number of nitrogens with zero attached hydrogens (tertiary/aromatic N) is 4. The number of thiazole rings is 4. The summed E-state index contributed by atoms with van der Waals surface area (Å²) < 4.78 is 44.4. The maximum Gasteiger partial charge on any atom is 0.339 e. The third-order valence-corrected chi connectivity index (χ3v) is 15.4. The number of aryl methyl sites for hydroxylation is 1. The molecule has 438 valence electrons. The van der Waals surface area contributed by atoms with Gasteiger partial charge in [0.05, 0.1) is 67.2 Å². The van der Waals surface area contributed by atoms with E-state index in [9.17, 15) is 19.1 Å². The van der Waals surface area contributed by atoms with Crippen LogP contribution in [0.3, 0.4) is 0 Å². The quantitative estimate of drug-likeness (QED) is 0.0921. The van der Waals surface area contributed by atoms with Gasteiger partial charge in [0.2, 0.25) is 0 Å². The van der Waals surface area contributed by atoms with E-state index in [0.717, 1.165) is 80.7 Å². The Morgan fingerprint density at radius 2 is 0.694 bits per heavy atom. The number of hydrogen-bond acceptors (Lipinski definition) is 16. The number of aromatic hydroxyl groups is 1. The minimum Gasteiger partial charge on any atom is -0.746 e. The summed E-state index contributed by atoms with van der Waals surface area (Å²) in [4.78, 5) is 37.2. The van der Waals surface area contributed by atoms with Gasteiger partial charge in [0, 0.05) is 0 Å². The molecule has 12 rings (SSSR count). The van der Waals surface area contributed by atoms with Crippen molar-refractivity contribution in [3.8, 4) is 28.7 Å². The molecular weight excluding hydrogens is 1370 g/mol. The summed E-state index contributed by atoms with van der Waals surface area (Å²) in [6.07, 6.45) is 11.9. The molecule has 0 fully saturated rings. The maximum absolute atomic E-state index is 10.6. The Bertz CT molecular complexity index is 4030. The van der Waals surface area contributed by atoms with Gasteiger partial charge >= 0.3 is 13.0 Å². The highest BCUT2D eigenvalue weighted by Gasteiger charge is 2.06. The largest absolute Gasteiger partial charge is 0.746 e. The molecule has 12 aromatic rings. The zero-order valence-electron chi connectivity index (χ0n) is 45.5. The van der Waals surface area contributed by atoms with Gasteiger partial charge in [-0.1, -0.05) is 103 Å². The van der Waals surface area contributed by atoms with Gasteiger partial charge in [-0.3, -0.25) is 9.13 Å². The molecule has 4 heterocycles. The van der Waals surface area contributed by atoms with Crippen LogP contribution < -0.4 is 23.6 Å². The molecule has 13 nitrogen and oxygen atoms in total. The highest BCUT2D eigenvalue weighted by atomic mass is 127. The number of aromatic nitrogens is 4. The molecule has 0 spiro atoms. The summed E-state index contributed by atoms with van der Waals surface area (Å²) in [6.45, 7) is 2.03. The van der Waals surface area contributed by atoms with Crippen LogP contribution in [-0.2, 0) is 9.13 Å². The van der Waals surface area contributed by atoms with Crippen molar-refractivity contribution in [3.63, 3.8) is 0 Å². The molecule has 8 aromatic carbocycles. The third kappa shape index (κ3) is 24.1. The van der Waals surface area contributed by atoms with E-state index < -0.39 is 13.0 Å². The fourth-order valence-corrected chi connectivity index (χ4v) is 11.0.